The van der Waals surface area contributed by atoms with Crippen LogP contribution < -0.4 is 4.74 Å². The molecule has 2 nitrogen and oxygen atoms in total. The van der Waals surface area contributed by atoms with Crippen LogP contribution in [0.3, 0.4) is 0 Å². The van der Waals surface area contributed by atoms with Gasteiger partial charge in [0.15, 0.2) is 0 Å². The van der Waals surface area contributed by atoms with E-state index in [1.165, 1.54) is 34.5 Å². The molecule has 0 fully saturated rings. The molecule has 1 unspecified atom stereocenters. The van der Waals surface area contributed by atoms with E-state index in [9.17, 15) is 8.78 Å². The minimum atomic E-state index is -2.99. The standard InChI is InChI=1S/C7H8F2NOP/c1-11-6-4-2-3-5(10-6)7(8,9)12/h2-4H,12H2,1H3. The highest BCUT2D eigenvalue weighted by Gasteiger charge is 2.26. The van der Waals surface area contributed by atoms with Crippen molar-refractivity contribution in [2.75, 3.05) is 7.11 Å². The number of ether oxygens (including phenoxy) is 1. The van der Waals surface area contributed by atoms with Crippen LogP contribution in [0.15, 0.2) is 18.2 Å². The summed E-state index contributed by atoms with van der Waals surface area (Å²) in [6.45, 7) is 0. The zero-order valence-corrected chi connectivity index (χ0v) is 7.58. The molecular formula is C7H8F2NOP. The molecule has 0 N–H and O–H groups in total. The number of hydrogen-bond acceptors (Lipinski definition) is 2. The van der Waals surface area contributed by atoms with Crippen molar-refractivity contribution in [1.82, 2.24) is 4.98 Å². The summed E-state index contributed by atoms with van der Waals surface area (Å²) >= 11 is 0. The Bertz CT molecular complexity index is 274. The lowest BCUT2D eigenvalue weighted by Gasteiger charge is -2.09. The van der Waals surface area contributed by atoms with Crippen LogP contribution in [0.5, 0.6) is 5.88 Å². The molecule has 0 aliphatic rings. The quantitative estimate of drug-likeness (QED) is 0.667. The predicted octanol–water partition coefficient (Wildman–Crippen LogP) is 2.01. The van der Waals surface area contributed by atoms with Gasteiger partial charge in [0, 0.05) is 6.07 Å². The van der Waals surface area contributed by atoms with Crippen LogP contribution in [-0.2, 0) is 5.66 Å². The third-order valence-electron chi connectivity index (χ3n) is 1.27. The molecular weight excluding hydrogens is 183 g/mol. The summed E-state index contributed by atoms with van der Waals surface area (Å²) in [7, 11) is 2.80. The van der Waals surface area contributed by atoms with E-state index in [-0.39, 0.29) is 11.6 Å². The minimum absolute atomic E-state index is 0.189. The molecule has 0 spiro atoms. The van der Waals surface area contributed by atoms with Crippen molar-refractivity contribution in [3.05, 3.63) is 23.9 Å². The number of nitrogens with zero attached hydrogens (tertiary/aromatic N) is 1. The van der Waals surface area contributed by atoms with Crippen LogP contribution in [-0.4, -0.2) is 12.1 Å². The van der Waals surface area contributed by atoms with Crippen LogP contribution in [0.25, 0.3) is 0 Å². The van der Waals surface area contributed by atoms with Gasteiger partial charge in [-0.15, -0.1) is 0 Å². The maximum Gasteiger partial charge on any atom is 0.300 e. The highest BCUT2D eigenvalue weighted by molar-refractivity contribution is 7.17. The van der Waals surface area contributed by atoms with Crippen LogP contribution in [0.4, 0.5) is 8.78 Å². The first-order valence-electron chi connectivity index (χ1n) is 3.22. The van der Waals surface area contributed by atoms with Gasteiger partial charge >= 0.3 is 0 Å². The molecule has 0 aliphatic heterocycles. The van der Waals surface area contributed by atoms with Crippen molar-refractivity contribution in [2.24, 2.45) is 0 Å². The fraction of sp³-hybridized carbons (Fsp3) is 0.286. The Kier molecular flexibility index (Phi) is 2.58. The monoisotopic (exact) mass is 191 g/mol. The summed E-state index contributed by atoms with van der Waals surface area (Å²) in [5.74, 6) is 0.189. The molecule has 0 amide bonds. The molecule has 12 heavy (non-hydrogen) atoms. The van der Waals surface area contributed by atoms with E-state index in [0.29, 0.717) is 0 Å². The van der Waals surface area contributed by atoms with Gasteiger partial charge in [0.25, 0.3) is 5.66 Å². The van der Waals surface area contributed by atoms with Crippen LogP contribution in [0.2, 0.25) is 0 Å². The molecule has 5 heteroatoms. The lowest BCUT2D eigenvalue weighted by molar-refractivity contribution is 0.0978. The second kappa shape index (κ2) is 3.31. The Hall–Kier alpha value is -0.760. The maximum absolute atomic E-state index is 12.6. The Balaban J connectivity index is 3.02. The Morgan fingerprint density at radius 3 is 2.67 bits per heavy atom. The van der Waals surface area contributed by atoms with E-state index in [4.69, 9.17) is 4.74 Å². The predicted molar refractivity (Wildman–Crippen MR) is 44.4 cm³/mol. The van der Waals surface area contributed by atoms with Gasteiger partial charge in [-0.2, -0.15) is 8.78 Å². The van der Waals surface area contributed by atoms with Crippen molar-refractivity contribution in [1.29, 1.82) is 0 Å². The zero-order chi connectivity index (χ0) is 9.19. The van der Waals surface area contributed by atoms with Gasteiger partial charge in [0.05, 0.1) is 7.11 Å². The van der Waals surface area contributed by atoms with Crippen molar-refractivity contribution in [3.8, 4) is 5.88 Å². The largest absolute Gasteiger partial charge is 0.481 e. The Labute approximate surface area is 71.2 Å². The SMILES string of the molecule is COc1cccc(C(F)(F)P)n1. The number of methoxy groups -OCH3 is 1. The lowest BCUT2D eigenvalue weighted by atomic mass is 10.3. The first kappa shape index (κ1) is 9.33. The maximum atomic E-state index is 12.6. The summed E-state index contributed by atoms with van der Waals surface area (Å²) in [5.41, 5.74) is -3.30. The van der Waals surface area contributed by atoms with Gasteiger partial charge in [-0.25, -0.2) is 4.98 Å². The molecule has 66 valence electrons. The smallest absolute Gasteiger partial charge is 0.300 e. The number of aromatic nitrogens is 1. The normalized spacial score (nSPS) is 11.3. The van der Waals surface area contributed by atoms with E-state index in [1.54, 1.807) is 0 Å². The molecule has 1 rings (SSSR count). The highest BCUT2D eigenvalue weighted by atomic mass is 31.0. The second-order valence-electron chi connectivity index (χ2n) is 2.19. The van der Waals surface area contributed by atoms with Gasteiger partial charge in [-0.1, -0.05) is 15.3 Å². The van der Waals surface area contributed by atoms with Crippen molar-refractivity contribution in [3.63, 3.8) is 0 Å². The van der Waals surface area contributed by atoms with E-state index in [0.717, 1.165) is 0 Å². The first-order chi connectivity index (χ1) is 5.54. The lowest BCUT2D eigenvalue weighted by Crippen LogP contribution is -2.05. The van der Waals surface area contributed by atoms with Gasteiger partial charge in [-0.3, -0.25) is 0 Å². The van der Waals surface area contributed by atoms with Crippen molar-refractivity contribution >= 4 is 9.24 Å². The highest BCUT2D eigenvalue weighted by Crippen LogP contribution is 2.33. The van der Waals surface area contributed by atoms with Crippen molar-refractivity contribution in [2.45, 2.75) is 5.66 Å². The minimum Gasteiger partial charge on any atom is -0.481 e. The number of hydrogen-bond donors (Lipinski definition) is 0. The molecule has 0 bridgehead atoms. The summed E-state index contributed by atoms with van der Waals surface area (Å²) in [6.07, 6.45) is 0. The van der Waals surface area contributed by atoms with Crippen LogP contribution in [0.1, 0.15) is 5.69 Å². The molecule has 0 saturated heterocycles. The summed E-state index contributed by atoms with van der Waals surface area (Å²) < 4.78 is 29.9. The Morgan fingerprint density at radius 1 is 1.50 bits per heavy atom. The van der Waals surface area contributed by atoms with Crippen molar-refractivity contribution < 1.29 is 13.5 Å². The zero-order valence-electron chi connectivity index (χ0n) is 6.42. The number of rotatable bonds is 2. The van der Waals surface area contributed by atoms with Gasteiger partial charge in [-0.05, 0) is 6.07 Å². The second-order valence-corrected chi connectivity index (χ2v) is 2.91. The fourth-order valence-electron chi connectivity index (χ4n) is 0.714. The number of halogens is 2. The van der Waals surface area contributed by atoms with Gasteiger partial charge in [0.1, 0.15) is 5.69 Å². The van der Waals surface area contributed by atoms with Crippen LogP contribution >= 0.6 is 9.24 Å². The van der Waals surface area contributed by atoms with E-state index in [1.807, 2.05) is 0 Å². The number of alkyl halides is 2. The summed E-state index contributed by atoms with van der Waals surface area (Å²) in [5, 5.41) is 0. The third kappa shape index (κ3) is 2.11. The topological polar surface area (TPSA) is 22.1 Å². The average molecular weight is 191 g/mol. The molecule has 1 atom stereocenters. The Morgan fingerprint density at radius 2 is 2.17 bits per heavy atom. The van der Waals surface area contributed by atoms with Gasteiger partial charge < -0.3 is 4.74 Å². The van der Waals surface area contributed by atoms with E-state index >= 15 is 0 Å². The molecule has 1 heterocycles. The summed E-state index contributed by atoms with van der Waals surface area (Å²) in [6, 6.07) is 4.23. The first-order valence-corrected chi connectivity index (χ1v) is 3.80. The average Bonchev–Trinajstić information content (AvgIpc) is 2.03. The molecule has 0 saturated carbocycles. The number of pyridine rings is 1. The molecule has 1 aromatic rings. The fourth-order valence-corrected chi connectivity index (χ4v) is 0.875. The summed E-state index contributed by atoms with van der Waals surface area (Å²) in [4.78, 5) is 3.57. The third-order valence-corrected chi connectivity index (χ3v) is 1.57. The molecule has 0 radical (unpaired) electrons. The molecule has 1 aromatic heterocycles. The molecule has 0 aliphatic carbocycles. The van der Waals surface area contributed by atoms with Gasteiger partial charge in [0.2, 0.25) is 5.88 Å². The van der Waals surface area contributed by atoms with Crippen LogP contribution in [0, 0.1) is 0 Å². The van der Waals surface area contributed by atoms with E-state index < -0.39 is 5.66 Å². The van der Waals surface area contributed by atoms with E-state index in [2.05, 4.69) is 4.98 Å². The molecule has 0 aromatic carbocycles.